The van der Waals surface area contributed by atoms with Crippen LogP contribution < -0.4 is 4.74 Å². The first-order valence-corrected chi connectivity index (χ1v) is 7.49. The molecule has 21 heavy (non-hydrogen) atoms. The highest BCUT2D eigenvalue weighted by Gasteiger charge is 2.52. The first kappa shape index (κ1) is 14.4. The molecule has 0 spiro atoms. The zero-order chi connectivity index (χ0) is 15.3. The van der Waals surface area contributed by atoms with Gasteiger partial charge in [0.05, 0.1) is 18.6 Å². The van der Waals surface area contributed by atoms with Gasteiger partial charge >= 0.3 is 0 Å². The number of benzene rings is 1. The van der Waals surface area contributed by atoms with Crippen LogP contribution in [-0.2, 0) is 4.79 Å². The summed E-state index contributed by atoms with van der Waals surface area (Å²) in [5.74, 6) is 1.18. The number of para-hydroxylation sites is 1. The van der Waals surface area contributed by atoms with Gasteiger partial charge in [-0.05, 0) is 11.6 Å². The first-order chi connectivity index (χ1) is 9.87. The number of ether oxygens (including phenoxy) is 1. The van der Waals surface area contributed by atoms with Gasteiger partial charge in [-0.15, -0.1) is 0 Å². The Labute approximate surface area is 125 Å². The molecular weight excluding hydrogens is 266 g/mol. The number of aliphatic hydroxyl groups excluding tert-OH is 1. The summed E-state index contributed by atoms with van der Waals surface area (Å²) in [5.41, 5.74) is 0.349. The van der Waals surface area contributed by atoms with E-state index in [4.69, 9.17) is 4.74 Å². The molecule has 0 saturated carbocycles. The molecule has 114 valence electrons. The van der Waals surface area contributed by atoms with E-state index in [0.717, 1.165) is 11.3 Å². The lowest BCUT2D eigenvalue weighted by Gasteiger charge is -2.37. The van der Waals surface area contributed by atoms with E-state index in [9.17, 15) is 9.90 Å². The van der Waals surface area contributed by atoms with Gasteiger partial charge in [-0.25, -0.2) is 0 Å². The summed E-state index contributed by atoms with van der Waals surface area (Å²) in [6, 6.07) is 7.96. The average molecular weight is 289 g/mol. The number of likely N-dealkylation sites (tertiary alicyclic amines) is 1. The number of carbonyl (C=O) groups excluding carboxylic acids is 1. The van der Waals surface area contributed by atoms with Crippen LogP contribution in [0.2, 0.25) is 0 Å². The van der Waals surface area contributed by atoms with E-state index >= 15 is 0 Å². The number of amides is 1. The Balaban J connectivity index is 1.95. The highest BCUT2D eigenvalue weighted by molar-refractivity contribution is 5.82. The lowest BCUT2D eigenvalue weighted by Crippen LogP contribution is -2.44. The fourth-order valence-electron chi connectivity index (χ4n) is 3.50. The van der Waals surface area contributed by atoms with Crippen molar-refractivity contribution in [2.45, 2.75) is 26.7 Å². The summed E-state index contributed by atoms with van der Waals surface area (Å²) in [7, 11) is 0. The lowest BCUT2D eigenvalue weighted by atomic mass is 9.74. The molecule has 1 aromatic rings. The molecule has 3 rings (SSSR count). The Morgan fingerprint density at radius 1 is 1.43 bits per heavy atom. The second-order valence-corrected chi connectivity index (χ2v) is 7.34. The van der Waals surface area contributed by atoms with E-state index in [-0.39, 0.29) is 23.8 Å². The molecule has 1 amide bonds. The number of rotatable bonds is 1. The van der Waals surface area contributed by atoms with Crippen LogP contribution in [0, 0.1) is 10.8 Å². The summed E-state index contributed by atoms with van der Waals surface area (Å²) in [4.78, 5) is 14.5. The monoisotopic (exact) mass is 289 g/mol. The third-order valence-corrected chi connectivity index (χ3v) is 4.70. The molecule has 2 aliphatic heterocycles. The van der Waals surface area contributed by atoms with Crippen LogP contribution in [0.3, 0.4) is 0 Å². The standard InChI is InChI=1S/C17H23NO3/c1-16(2,3)15(20)18-8-13-12-6-4-5-7-14(12)21-11-17(13,9-18)10-19/h4-7,13,19H,8-11H2,1-3H3/t13-,17-/m1/s1. The molecule has 0 unspecified atom stereocenters. The van der Waals surface area contributed by atoms with E-state index in [2.05, 4.69) is 6.07 Å². The van der Waals surface area contributed by atoms with Gasteiger partial charge in [-0.3, -0.25) is 4.79 Å². The maximum atomic E-state index is 12.6. The molecule has 2 aliphatic rings. The van der Waals surface area contributed by atoms with Gasteiger partial charge in [-0.1, -0.05) is 39.0 Å². The summed E-state index contributed by atoms with van der Waals surface area (Å²) < 4.78 is 5.85. The molecule has 4 heteroatoms. The summed E-state index contributed by atoms with van der Waals surface area (Å²) >= 11 is 0. The van der Waals surface area contributed by atoms with Gasteiger partial charge in [0.1, 0.15) is 5.75 Å². The summed E-state index contributed by atoms with van der Waals surface area (Å²) in [6.07, 6.45) is 0. The molecule has 0 aromatic heterocycles. The van der Waals surface area contributed by atoms with Crippen molar-refractivity contribution in [1.82, 2.24) is 4.90 Å². The molecule has 1 fully saturated rings. The number of aliphatic hydroxyl groups is 1. The molecule has 4 nitrogen and oxygen atoms in total. The minimum atomic E-state index is -0.398. The minimum absolute atomic E-state index is 0.0416. The Bertz CT molecular complexity index is 563. The van der Waals surface area contributed by atoms with E-state index in [0.29, 0.717) is 19.7 Å². The normalized spacial score (nSPS) is 27.8. The average Bonchev–Trinajstić information content (AvgIpc) is 2.86. The Morgan fingerprint density at radius 2 is 2.14 bits per heavy atom. The van der Waals surface area contributed by atoms with Crippen molar-refractivity contribution in [3.63, 3.8) is 0 Å². The topological polar surface area (TPSA) is 49.8 Å². The largest absolute Gasteiger partial charge is 0.493 e. The van der Waals surface area contributed by atoms with Crippen molar-refractivity contribution in [1.29, 1.82) is 0 Å². The molecule has 0 radical (unpaired) electrons. The quantitative estimate of drug-likeness (QED) is 0.860. The molecule has 1 saturated heterocycles. The molecule has 2 atom stereocenters. The molecular formula is C17H23NO3. The zero-order valence-corrected chi connectivity index (χ0v) is 12.9. The maximum Gasteiger partial charge on any atom is 0.227 e. The van der Waals surface area contributed by atoms with Gasteiger partial charge in [0, 0.05) is 24.4 Å². The van der Waals surface area contributed by atoms with Crippen LogP contribution in [0.4, 0.5) is 0 Å². The third-order valence-electron chi connectivity index (χ3n) is 4.70. The van der Waals surface area contributed by atoms with Crippen molar-refractivity contribution >= 4 is 5.91 Å². The number of nitrogens with zero attached hydrogens (tertiary/aromatic N) is 1. The van der Waals surface area contributed by atoms with Crippen molar-refractivity contribution in [3.05, 3.63) is 29.8 Å². The van der Waals surface area contributed by atoms with E-state index in [1.807, 2.05) is 43.9 Å². The number of hydrogen-bond acceptors (Lipinski definition) is 3. The van der Waals surface area contributed by atoms with Gasteiger partial charge in [-0.2, -0.15) is 0 Å². The first-order valence-electron chi connectivity index (χ1n) is 7.49. The van der Waals surface area contributed by atoms with Gasteiger partial charge in [0.25, 0.3) is 0 Å². The molecule has 1 N–H and O–H groups in total. The van der Waals surface area contributed by atoms with Crippen molar-refractivity contribution in [2.75, 3.05) is 26.3 Å². The number of fused-ring (bicyclic) bond motifs is 3. The van der Waals surface area contributed by atoms with Crippen LogP contribution in [0.5, 0.6) is 5.75 Å². The second-order valence-electron chi connectivity index (χ2n) is 7.34. The van der Waals surface area contributed by atoms with Gasteiger partial charge < -0.3 is 14.7 Å². The van der Waals surface area contributed by atoms with E-state index in [1.54, 1.807) is 0 Å². The fraction of sp³-hybridized carbons (Fsp3) is 0.588. The second kappa shape index (κ2) is 4.73. The van der Waals surface area contributed by atoms with Crippen LogP contribution in [0.15, 0.2) is 24.3 Å². The van der Waals surface area contributed by atoms with Crippen LogP contribution in [0.25, 0.3) is 0 Å². The van der Waals surface area contributed by atoms with E-state index in [1.165, 1.54) is 0 Å². The maximum absolute atomic E-state index is 12.6. The Hall–Kier alpha value is -1.55. The number of hydrogen-bond donors (Lipinski definition) is 1. The molecule has 1 aromatic carbocycles. The SMILES string of the molecule is CC(C)(C)C(=O)N1C[C@@H]2c3ccccc3OC[C@]2(CO)C1. The highest BCUT2D eigenvalue weighted by Crippen LogP contribution is 2.49. The molecule has 2 heterocycles. The van der Waals surface area contributed by atoms with Crippen molar-refractivity contribution < 1.29 is 14.6 Å². The number of carbonyl (C=O) groups is 1. The van der Waals surface area contributed by atoms with Gasteiger partial charge in [0.15, 0.2) is 0 Å². The summed E-state index contributed by atoms with van der Waals surface area (Å²) in [6.45, 7) is 7.56. The predicted octanol–water partition coefficient (Wildman–Crippen LogP) is 2.03. The zero-order valence-electron chi connectivity index (χ0n) is 12.9. The Morgan fingerprint density at radius 3 is 2.81 bits per heavy atom. The third kappa shape index (κ3) is 2.22. The summed E-state index contributed by atoms with van der Waals surface area (Å²) in [5, 5.41) is 9.96. The molecule has 0 bridgehead atoms. The highest BCUT2D eigenvalue weighted by atomic mass is 16.5. The van der Waals surface area contributed by atoms with Crippen molar-refractivity contribution in [2.24, 2.45) is 10.8 Å². The lowest BCUT2D eigenvalue weighted by molar-refractivity contribution is -0.139. The van der Waals surface area contributed by atoms with Crippen LogP contribution >= 0.6 is 0 Å². The van der Waals surface area contributed by atoms with Crippen LogP contribution in [-0.4, -0.2) is 42.2 Å². The predicted molar refractivity (Wildman–Crippen MR) is 80.2 cm³/mol. The fourth-order valence-corrected chi connectivity index (χ4v) is 3.50. The van der Waals surface area contributed by atoms with Gasteiger partial charge in [0.2, 0.25) is 5.91 Å². The minimum Gasteiger partial charge on any atom is -0.493 e. The Kier molecular flexibility index (Phi) is 3.24. The molecule has 0 aliphatic carbocycles. The smallest absolute Gasteiger partial charge is 0.227 e. The van der Waals surface area contributed by atoms with Crippen LogP contribution in [0.1, 0.15) is 32.3 Å². The van der Waals surface area contributed by atoms with E-state index < -0.39 is 5.41 Å². The van der Waals surface area contributed by atoms with Crippen molar-refractivity contribution in [3.8, 4) is 5.75 Å².